The molecule has 0 N–H and O–H groups in total. The van der Waals surface area contributed by atoms with Crippen molar-refractivity contribution in [1.29, 1.82) is 0 Å². The summed E-state index contributed by atoms with van der Waals surface area (Å²) in [5.41, 5.74) is -2.99. The topological polar surface area (TPSA) is 102 Å². The SMILES string of the molecule is COc1cc2nc(C(F)(F)F)c(Cl)nc2cc1F.COc1cc2nc(C(F)(F)F)c(OC)nc2cc1F.C[O-].[Na+]. The van der Waals surface area contributed by atoms with E-state index in [1.165, 1.54) is 14.2 Å². The van der Waals surface area contributed by atoms with Gasteiger partial charge in [0.15, 0.2) is 34.0 Å². The van der Waals surface area contributed by atoms with Gasteiger partial charge in [-0.25, -0.2) is 28.7 Å². The molecule has 40 heavy (non-hydrogen) atoms. The predicted molar refractivity (Wildman–Crippen MR) is 120 cm³/mol. The molecule has 0 amide bonds. The van der Waals surface area contributed by atoms with Crippen LogP contribution in [0.25, 0.3) is 22.1 Å². The second kappa shape index (κ2) is 14.2. The number of hydrogen-bond acceptors (Lipinski definition) is 8. The second-order valence-electron chi connectivity index (χ2n) is 6.89. The Bertz CT molecular complexity index is 1480. The van der Waals surface area contributed by atoms with Crippen molar-refractivity contribution in [2.45, 2.75) is 12.4 Å². The molecule has 0 saturated carbocycles. The van der Waals surface area contributed by atoms with Crippen molar-refractivity contribution in [2.24, 2.45) is 0 Å². The molecule has 4 rings (SSSR count). The molecule has 0 aliphatic carbocycles. The van der Waals surface area contributed by atoms with E-state index in [-0.39, 0.29) is 63.1 Å². The summed E-state index contributed by atoms with van der Waals surface area (Å²) >= 11 is 5.37. The van der Waals surface area contributed by atoms with Crippen LogP contribution in [0.4, 0.5) is 35.1 Å². The molecule has 0 radical (unpaired) electrons. The summed E-state index contributed by atoms with van der Waals surface area (Å²) in [7, 11) is 4.18. The van der Waals surface area contributed by atoms with Crippen molar-refractivity contribution in [1.82, 2.24) is 19.9 Å². The van der Waals surface area contributed by atoms with Crippen molar-refractivity contribution < 1.29 is 84.0 Å². The minimum Gasteiger partial charge on any atom is -0.857 e. The van der Waals surface area contributed by atoms with E-state index in [4.69, 9.17) is 16.7 Å². The van der Waals surface area contributed by atoms with Gasteiger partial charge < -0.3 is 19.3 Å². The number of halogens is 9. The van der Waals surface area contributed by atoms with E-state index in [9.17, 15) is 35.1 Å². The van der Waals surface area contributed by atoms with Gasteiger partial charge in [-0.05, 0) is 0 Å². The zero-order valence-electron chi connectivity index (χ0n) is 21.1. The third-order valence-corrected chi connectivity index (χ3v) is 4.79. The van der Waals surface area contributed by atoms with Crippen LogP contribution in [0.2, 0.25) is 5.15 Å². The minimum atomic E-state index is -4.72. The molecular formula is C22H16ClF8N4NaO4. The number of alkyl halides is 6. The van der Waals surface area contributed by atoms with Crippen molar-refractivity contribution in [3.8, 4) is 17.4 Å². The fraction of sp³-hybridized carbons (Fsp3) is 0.273. The number of rotatable bonds is 3. The number of methoxy groups -OCH3 is 3. The molecule has 2 aromatic carbocycles. The van der Waals surface area contributed by atoms with E-state index in [0.717, 1.165) is 38.5 Å². The maximum atomic E-state index is 13.4. The monoisotopic (exact) mass is 610 g/mol. The molecule has 0 unspecified atom stereocenters. The molecule has 0 fully saturated rings. The van der Waals surface area contributed by atoms with E-state index in [2.05, 4.69) is 34.1 Å². The van der Waals surface area contributed by atoms with Crippen molar-refractivity contribution in [3.63, 3.8) is 0 Å². The molecular weight excluding hydrogens is 595 g/mol. The predicted octanol–water partition coefficient (Wildman–Crippen LogP) is 2.24. The first-order valence-electron chi connectivity index (χ1n) is 10.0. The Labute approximate surface area is 247 Å². The summed E-state index contributed by atoms with van der Waals surface area (Å²) in [6, 6.07) is 3.92. The quantitative estimate of drug-likeness (QED) is 0.257. The summed E-state index contributed by atoms with van der Waals surface area (Å²) in [5.74, 6) is -2.63. The van der Waals surface area contributed by atoms with E-state index >= 15 is 0 Å². The first-order chi connectivity index (χ1) is 18.2. The van der Waals surface area contributed by atoms with E-state index in [1.54, 1.807) is 0 Å². The van der Waals surface area contributed by atoms with E-state index in [0.29, 0.717) is 0 Å². The smallest absolute Gasteiger partial charge is 0.857 e. The Balaban J connectivity index is 0.000000368. The van der Waals surface area contributed by atoms with Crippen LogP contribution in [0.1, 0.15) is 11.4 Å². The standard InChI is InChI=1S/C11H8F4N2O2.C10H5ClF4N2O.CH3O.Na/c1-18-8-4-7-6(3-5(8)12)17-10(19-2)9(16-7)11(13,14)15;1-18-7-3-6-5(2-4(7)12)17-9(11)8(16-6)10(13,14)15;1-2;/h3-4H,1-2H3;2-3H,1H3;1H3;/q;;-1;+1. The summed E-state index contributed by atoms with van der Waals surface area (Å²) in [4.78, 5) is 13.8. The number of hydrogen-bond donors (Lipinski definition) is 0. The van der Waals surface area contributed by atoms with Gasteiger partial charge in [0.2, 0.25) is 11.6 Å². The summed E-state index contributed by atoms with van der Waals surface area (Å²) in [5, 5.41) is 7.43. The number of benzene rings is 2. The number of nitrogens with zero attached hydrogens (tertiary/aromatic N) is 4. The summed E-state index contributed by atoms with van der Waals surface area (Å²) in [6.45, 7) is 0. The van der Waals surface area contributed by atoms with Crippen LogP contribution >= 0.6 is 11.6 Å². The van der Waals surface area contributed by atoms with Crippen LogP contribution in [0, 0.1) is 11.6 Å². The third kappa shape index (κ3) is 8.13. The van der Waals surface area contributed by atoms with Gasteiger partial charge in [-0.3, -0.25) is 0 Å². The maximum absolute atomic E-state index is 13.4. The van der Waals surface area contributed by atoms with Gasteiger partial charge in [0.25, 0.3) is 0 Å². The van der Waals surface area contributed by atoms with Crippen LogP contribution in [0.15, 0.2) is 24.3 Å². The minimum absolute atomic E-state index is 0. The maximum Gasteiger partial charge on any atom is 1.00 e. The van der Waals surface area contributed by atoms with Gasteiger partial charge in [-0.1, -0.05) is 11.6 Å². The fourth-order valence-electron chi connectivity index (χ4n) is 2.90. The summed E-state index contributed by atoms with van der Waals surface area (Å²) < 4.78 is 116. The molecule has 18 heteroatoms. The Morgan fingerprint density at radius 1 is 0.625 bits per heavy atom. The van der Waals surface area contributed by atoms with Crippen LogP contribution in [-0.4, -0.2) is 48.4 Å². The Morgan fingerprint density at radius 3 is 1.38 bits per heavy atom. The molecule has 0 atom stereocenters. The number of ether oxygens (including phenoxy) is 3. The van der Waals surface area contributed by atoms with E-state index < -0.39 is 46.4 Å². The molecule has 0 bridgehead atoms. The molecule has 8 nitrogen and oxygen atoms in total. The normalized spacial score (nSPS) is 11.1. The van der Waals surface area contributed by atoms with Gasteiger partial charge in [0, 0.05) is 24.3 Å². The van der Waals surface area contributed by atoms with Gasteiger partial charge in [-0.2, -0.15) is 33.5 Å². The van der Waals surface area contributed by atoms with Gasteiger partial charge in [0.05, 0.1) is 43.4 Å². The molecule has 0 saturated heterocycles. The Morgan fingerprint density at radius 2 is 1.00 bits per heavy atom. The summed E-state index contributed by atoms with van der Waals surface area (Å²) in [6.07, 6.45) is -9.44. The van der Waals surface area contributed by atoms with Gasteiger partial charge >= 0.3 is 41.9 Å². The van der Waals surface area contributed by atoms with E-state index in [1.807, 2.05) is 0 Å². The molecule has 0 spiro atoms. The van der Waals surface area contributed by atoms with Crippen molar-refractivity contribution >= 4 is 33.7 Å². The molecule has 4 aromatic rings. The average molecular weight is 611 g/mol. The molecule has 2 aromatic heterocycles. The van der Waals surface area contributed by atoms with Gasteiger partial charge in [0.1, 0.15) is 0 Å². The Hall–Kier alpha value is -2.79. The number of fused-ring (bicyclic) bond motifs is 2. The third-order valence-electron chi connectivity index (χ3n) is 4.53. The zero-order valence-corrected chi connectivity index (χ0v) is 23.9. The van der Waals surface area contributed by atoms with Crippen LogP contribution < -0.4 is 48.9 Å². The van der Waals surface area contributed by atoms with Gasteiger partial charge in [-0.15, -0.1) is 0 Å². The van der Waals surface area contributed by atoms with Crippen LogP contribution in [-0.2, 0) is 12.4 Å². The zero-order chi connectivity index (χ0) is 29.7. The fourth-order valence-corrected chi connectivity index (χ4v) is 3.14. The molecule has 0 aliphatic rings. The van der Waals surface area contributed by atoms with Crippen LogP contribution in [0.3, 0.4) is 0 Å². The number of aromatic nitrogens is 4. The molecule has 2 heterocycles. The molecule has 212 valence electrons. The van der Waals surface area contributed by atoms with Crippen molar-refractivity contribution in [2.75, 3.05) is 28.4 Å². The first-order valence-corrected chi connectivity index (χ1v) is 10.4. The van der Waals surface area contributed by atoms with Crippen molar-refractivity contribution in [3.05, 3.63) is 52.4 Å². The first kappa shape index (κ1) is 35.2. The Kier molecular flexibility index (Phi) is 12.5. The largest absolute Gasteiger partial charge is 1.00 e. The second-order valence-corrected chi connectivity index (χ2v) is 7.25. The molecule has 0 aliphatic heterocycles. The average Bonchev–Trinajstić information content (AvgIpc) is 2.87. The van der Waals surface area contributed by atoms with Crippen LogP contribution in [0.5, 0.6) is 17.4 Å².